The topological polar surface area (TPSA) is 122 Å². The van der Waals surface area contributed by atoms with Crippen molar-refractivity contribution in [3.63, 3.8) is 0 Å². The summed E-state index contributed by atoms with van der Waals surface area (Å²) < 4.78 is 11.2. The number of methoxy groups -OCH3 is 1. The number of furan rings is 1. The second-order valence-electron chi connectivity index (χ2n) is 10.7. The molecule has 2 heterocycles. The van der Waals surface area contributed by atoms with Gasteiger partial charge in [0.25, 0.3) is 11.8 Å². The fourth-order valence-electron chi connectivity index (χ4n) is 5.17. The molecule has 42 heavy (non-hydrogen) atoms. The molecule has 1 aliphatic rings. The van der Waals surface area contributed by atoms with Crippen LogP contribution in [-0.2, 0) is 5.54 Å². The summed E-state index contributed by atoms with van der Waals surface area (Å²) in [7, 11) is 3.21. The monoisotopic (exact) mass is 561 g/mol. The lowest BCUT2D eigenvalue weighted by atomic mass is 9.95. The maximum absolute atomic E-state index is 13.5. The highest BCUT2D eigenvalue weighted by Crippen LogP contribution is 2.44. The number of allylic oxidation sites excluding steroid dienone is 1. The molecule has 6 rings (SSSR count). The molecule has 2 amide bonds. The number of nitrogens with one attached hydrogen (secondary N) is 3. The fraction of sp³-hybridized carbons (Fsp3) is 0.212. The lowest BCUT2D eigenvalue weighted by Crippen LogP contribution is -2.35. The first-order valence-electron chi connectivity index (χ1n) is 13.7. The van der Waals surface area contributed by atoms with Crippen molar-refractivity contribution in [1.29, 1.82) is 0 Å². The second-order valence-corrected chi connectivity index (χ2v) is 10.7. The number of amides is 2. The van der Waals surface area contributed by atoms with Crippen LogP contribution in [0.4, 0.5) is 0 Å². The van der Waals surface area contributed by atoms with E-state index in [1.54, 1.807) is 14.2 Å². The number of H-pyrrole nitrogens is 1. The smallest absolute Gasteiger partial charge is 0.255 e. The van der Waals surface area contributed by atoms with E-state index in [1.165, 1.54) is 0 Å². The van der Waals surface area contributed by atoms with Crippen LogP contribution in [0, 0.1) is 6.92 Å². The molecule has 2 aromatic heterocycles. The molecule has 212 valence electrons. The van der Waals surface area contributed by atoms with Gasteiger partial charge in [-0.3, -0.25) is 14.7 Å². The van der Waals surface area contributed by atoms with Gasteiger partial charge in [0.1, 0.15) is 17.1 Å². The lowest BCUT2D eigenvalue weighted by Gasteiger charge is -2.16. The van der Waals surface area contributed by atoms with E-state index in [1.807, 2.05) is 74.5 Å². The lowest BCUT2D eigenvalue weighted by molar-refractivity contribution is 0.0927. The number of aryl methyl sites for hydroxylation is 1. The van der Waals surface area contributed by atoms with E-state index < -0.39 is 5.54 Å². The van der Waals surface area contributed by atoms with Crippen molar-refractivity contribution in [1.82, 2.24) is 25.8 Å². The highest BCUT2D eigenvalue weighted by Gasteiger charge is 2.49. The van der Waals surface area contributed by atoms with E-state index >= 15 is 0 Å². The van der Waals surface area contributed by atoms with Gasteiger partial charge in [0, 0.05) is 23.6 Å². The van der Waals surface area contributed by atoms with Gasteiger partial charge >= 0.3 is 0 Å². The van der Waals surface area contributed by atoms with Crippen molar-refractivity contribution in [3.05, 3.63) is 95.5 Å². The number of carbonyl (C=O) groups is 2. The number of hydrogen-bond donors (Lipinski definition) is 3. The third kappa shape index (κ3) is 4.72. The summed E-state index contributed by atoms with van der Waals surface area (Å²) in [6.45, 7) is 7.77. The minimum Gasteiger partial charge on any atom is -0.497 e. The number of rotatable bonds is 8. The molecule has 5 aromatic rings. The Morgan fingerprint density at radius 1 is 1.02 bits per heavy atom. The zero-order valence-corrected chi connectivity index (χ0v) is 23.9. The Morgan fingerprint density at radius 3 is 2.43 bits per heavy atom. The molecule has 9 nitrogen and oxygen atoms in total. The molecule has 0 bridgehead atoms. The summed E-state index contributed by atoms with van der Waals surface area (Å²) in [6.07, 6.45) is 1.53. The first-order chi connectivity index (χ1) is 20.2. The number of benzene rings is 3. The molecule has 0 atom stereocenters. The third-order valence-electron chi connectivity index (χ3n) is 7.73. The molecule has 1 saturated carbocycles. The first kappa shape index (κ1) is 27.0. The highest BCUT2D eigenvalue weighted by molar-refractivity contribution is 6.10. The van der Waals surface area contributed by atoms with E-state index in [4.69, 9.17) is 14.1 Å². The third-order valence-corrected chi connectivity index (χ3v) is 7.73. The number of nitrogens with zero attached hydrogens (tertiary/aromatic N) is 2. The molecular weight excluding hydrogens is 530 g/mol. The molecule has 1 fully saturated rings. The molecule has 0 unspecified atom stereocenters. The number of carbonyl (C=O) groups excluding carboxylic acids is 2. The summed E-state index contributed by atoms with van der Waals surface area (Å²) in [6, 6.07) is 18.9. The minimum atomic E-state index is -0.586. The maximum atomic E-state index is 13.5. The van der Waals surface area contributed by atoms with E-state index in [2.05, 4.69) is 27.4 Å². The predicted octanol–water partition coefficient (Wildman–Crippen LogP) is 6.01. The largest absolute Gasteiger partial charge is 0.497 e. The predicted molar refractivity (Wildman–Crippen MR) is 161 cm³/mol. The minimum absolute atomic E-state index is 0.198. The first-order valence-corrected chi connectivity index (χ1v) is 13.7. The van der Waals surface area contributed by atoms with Gasteiger partial charge in [0.15, 0.2) is 11.6 Å². The number of fused-ring (bicyclic) bond motifs is 1. The zero-order valence-electron chi connectivity index (χ0n) is 23.9. The summed E-state index contributed by atoms with van der Waals surface area (Å²) in [4.78, 5) is 31.0. The molecule has 9 heteroatoms. The molecule has 0 saturated heterocycles. The summed E-state index contributed by atoms with van der Waals surface area (Å²) >= 11 is 0. The average Bonchev–Trinajstić information content (AvgIpc) is 3.42. The van der Waals surface area contributed by atoms with Crippen LogP contribution in [0.5, 0.6) is 5.75 Å². The Hall–Kier alpha value is -5.18. The van der Waals surface area contributed by atoms with Gasteiger partial charge in [-0.25, -0.2) is 4.98 Å². The Morgan fingerprint density at radius 2 is 1.76 bits per heavy atom. The normalized spacial score (nSPS) is 13.5. The Balaban J connectivity index is 1.28. The van der Waals surface area contributed by atoms with Gasteiger partial charge < -0.3 is 19.8 Å². The van der Waals surface area contributed by atoms with Crippen molar-refractivity contribution < 1.29 is 18.7 Å². The van der Waals surface area contributed by atoms with Gasteiger partial charge in [0.2, 0.25) is 0 Å². The molecule has 0 radical (unpaired) electrons. The van der Waals surface area contributed by atoms with E-state index in [0.717, 1.165) is 40.8 Å². The van der Waals surface area contributed by atoms with E-state index in [-0.39, 0.29) is 11.8 Å². The van der Waals surface area contributed by atoms with Crippen LogP contribution >= 0.6 is 0 Å². The van der Waals surface area contributed by atoms with Crippen LogP contribution in [0.2, 0.25) is 0 Å². The van der Waals surface area contributed by atoms with Crippen molar-refractivity contribution in [2.24, 2.45) is 0 Å². The summed E-state index contributed by atoms with van der Waals surface area (Å²) in [5, 5.41) is 14.0. The van der Waals surface area contributed by atoms with Crippen LogP contribution < -0.4 is 15.4 Å². The van der Waals surface area contributed by atoms with Gasteiger partial charge in [-0.15, -0.1) is 0 Å². The van der Waals surface area contributed by atoms with Crippen molar-refractivity contribution in [3.8, 4) is 28.3 Å². The number of aromatic nitrogens is 3. The summed E-state index contributed by atoms with van der Waals surface area (Å²) in [5.74, 6) is 1.97. The molecule has 0 aliphatic heterocycles. The van der Waals surface area contributed by atoms with Crippen molar-refractivity contribution in [2.75, 3.05) is 14.2 Å². The standard InChI is InChI=1S/C33H31N5O4/c1-18(2)28-27(31(40)34-4)25-16-21(10-13-26(25)42-28)24-17-22(7-6-19(24)3)30(39)36-33(14-15-33)32-35-29(37-38-32)20-8-11-23(41-5)12-9-20/h6-13,16-17H,1,14-15H2,2-5H3,(H,34,40)(H,36,39)(H,35,37,38). The Bertz CT molecular complexity index is 1860. The van der Waals surface area contributed by atoms with Gasteiger partial charge in [-0.2, -0.15) is 5.10 Å². The Kier molecular flexibility index (Phi) is 6.65. The number of hydrogen-bond acceptors (Lipinski definition) is 6. The van der Waals surface area contributed by atoms with Crippen LogP contribution in [0.1, 0.15) is 57.6 Å². The number of aromatic amines is 1. The van der Waals surface area contributed by atoms with Crippen molar-refractivity contribution in [2.45, 2.75) is 32.2 Å². The molecule has 3 N–H and O–H groups in total. The van der Waals surface area contributed by atoms with Gasteiger partial charge in [-0.05, 0) is 97.5 Å². The quantitative estimate of drug-likeness (QED) is 0.213. The van der Waals surface area contributed by atoms with Crippen LogP contribution in [0.25, 0.3) is 39.1 Å². The average molecular weight is 562 g/mol. The highest BCUT2D eigenvalue weighted by atomic mass is 16.5. The van der Waals surface area contributed by atoms with Gasteiger partial charge in [0.05, 0.1) is 18.2 Å². The molecule has 3 aromatic carbocycles. The summed E-state index contributed by atoms with van der Waals surface area (Å²) in [5.41, 5.74) is 5.26. The fourth-order valence-corrected chi connectivity index (χ4v) is 5.17. The zero-order chi connectivity index (χ0) is 29.6. The molecule has 1 aliphatic carbocycles. The van der Waals surface area contributed by atoms with Crippen LogP contribution in [0.15, 0.2) is 71.7 Å². The number of ether oxygens (including phenoxy) is 1. The molecular formula is C33H31N5O4. The van der Waals surface area contributed by atoms with Gasteiger partial charge in [-0.1, -0.05) is 18.7 Å². The second kappa shape index (κ2) is 10.3. The van der Waals surface area contributed by atoms with Crippen LogP contribution in [-0.4, -0.2) is 41.2 Å². The van der Waals surface area contributed by atoms with Crippen molar-refractivity contribution >= 4 is 28.4 Å². The molecule has 0 spiro atoms. The Labute approximate surface area is 243 Å². The maximum Gasteiger partial charge on any atom is 0.255 e. The SMILES string of the molecule is C=C(C)c1oc2ccc(-c3cc(C(=O)NC4(c5nc(-c6ccc(OC)cc6)n[nH]5)CC4)ccc3C)cc2c1C(=O)NC. The van der Waals surface area contributed by atoms with E-state index in [9.17, 15) is 9.59 Å². The van der Waals surface area contributed by atoms with Crippen LogP contribution in [0.3, 0.4) is 0 Å². The van der Waals surface area contributed by atoms with E-state index in [0.29, 0.717) is 45.1 Å².